The van der Waals surface area contributed by atoms with Crippen LogP contribution >= 0.6 is 0 Å². The number of rotatable bonds is 3. The molecule has 2 aromatic heterocycles. The van der Waals surface area contributed by atoms with Crippen molar-refractivity contribution in [3.63, 3.8) is 0 Å². The summed E-state index contributed by atoms with van der Waals surface area (Å²) in [6.45, 7) is 0.285. The van der Waals surface area contributed by atoms with Crippen molar-refractivity contribution in [1.29, 1.82) is 0 Å². The van der Waals surface area contributed by atoms with Gasteiger partial charge in [-0.15, -0.1) is 0 Å². The summed E-state index contributed by atoms with van der Waals surface area (Å²) in [4.78, 5) is 24.2. The highest BCUT2D eigenvalue weighted by Gasteiger charge is 2.14. The molecule has 0 radical (unpaired) electrons. The van der Waals surface area contributed by atoms with Crippen molar-refractivity contribution in [2.75, 3.05) is 0 Å². The van der Waals surface area contributed by atoms with E-state index in [0.717, 1.165) is 11.0 Å². The SMILES string of the molecule is Cn1c(=O)n(C)c2cc(C(=O)C[n+]3ccccc3)ccc21.[Cl-]. The molecular formula is C16H16ClN3O2. The van der Waals surface area contributed by atoms with E-state index in [9.17, 15) is 9.59 Å². The largest absolute Gasteiger partial charge is 1.00 e. The number of imidazole rings is 1. The zero-order valence-corrected chi connectivity index (χ0v) is 13.1. The predicted octanol–water partition coefficient (Wildman–Crippen LogP) is -1.95. The number of halogens is 1. The first-order chi connectivity index (χ1) is 10.1. The summed E-state index contributed by atoms with van der Waals surface area (Å²) in [5.41, 5.74) is 2.12. The topological polar surface area (TPSA) is 47.9 Å². The Hall–Kier alpha value is -2.40. The first-order valence-electron chi connectivity index (χ1n) is 6.70. The monoisotopic (exact) mass is 317 g/mol. The Morgan fingerprint density at radius 2 is 1.68 bits per heavy atom. The zero-order chi connectivity index (χ0) is 15.0. The molecule has 0 saturated heterocycles. The van der Waals surface area contributed by atoms with Crippen LogP contribution in [-0.2, 0) is 20.6 Å². The van der Waals surface area contributed by atoms with Crippen LogP contribution in [0.3, 0.4) is 0 Å². The van der Waals surface area contributed by atoms with E-state index >= 15 is 0 Å². The van der Waals surface area contributed by atoms with Crippen LogP contribution in [-0.4, -0.2) is 14.9 Å². The molecule has 0 saturated carbocycles. The minimum atomic E-state index is -0.0907. The van der Waals surface area contributed by atoms with Crippen LogP contribution in [0.15, 0.2) is 53.6 Å². The highest BCUT2D eigenvalue weighted by atomic mass is 35.5. The Kier molecular flexibility index (Phi) is 4.47. The number of carbonyl (C=O) groups is 1. The van der Waals surface area contributed by atoms with Crippen LogP contribution in [0, 0.1) is 0 Å². The number of aryl methyl sites for hydroxylation is 2. The van der Waals surface area contributed by atoms with Gasteiger partial charge in [0.2, 0.25) is 12.3 Å². The first kappa shape index (κ1) is 16.0. The lowest BCUT2D eigenvalue weighted by molar-refractivity contribution is -0.683. The van der Waals surface area contributed by atoms with Gasteiger partial charge < -0.3 is 12.4 Å². The normalized spacial score (nSPS) is 10.5. The molecule has 0 spiro atoms. The van der Waals surface area contributed by atoms with Gasteiger partial charge in [0.25, 0.3) is 0 Å². The summed E-state index contributed by atoms with van der Waals surface area (Å²) in [6.07, 6.45) is 3.71. The van der Waals surface area contributed by atoms with Gasteiger partial charge in [0.05, 0.1) is 11.0 Å². The van der Waals surface area contributed by atoms with Gasteiger partial charge >= 0.3 is 5.69 Å². The fourth-order valence-corrected chi connectivity index (χ4v) is 2.48. The lowest BCUT2D eigenvalue weighted by Crippen LogP contribution is -3.00. The molecule has 0 aliphatic rings. The van der Waals surface area contributed by atoms with Crippen LogP contribution in [0.2, 0.25) is 0 Å². The van der Waals surface area contributed by atoms with E-state index in [1.165, 1.54) is 0 Å². The molecule has 3 aromatic rings. The van der Waals surface area contributed by atoms with Gasteiger partial charge in [0, 0.05) is 31.8 Å². The van der Waals surface area contributed by atoms with Gasteiger partial charge in [-0.3, -0.25) is 13.9 Å². The van der Waals surface area contributed by atoms with Crippen molar-refractivity contribution < 1.29 is 21.8 Å². The molecule has 0 atom stereocenters. The maximum absolute atomic E-state index is 12.3. The van der Waals surface area contributed by atoms with Crippen LogP contribution in [0.5, 0.6) is 0 Å². The molecule has 2 heterocycles. The van der Waals surface area contributed by atoms with E-state index in [1.807, 2.05) is 41.2 Å². The van der Waals surface area contributed by atoms with Crippen LogP contribution in [0.4, 0.5) is 0 Å². The van der Waals surface area contributed by atoms with Crippen molar-refractivity contribution in [3.8, 4) is 0 Å². The molecule has 3 rings (SSSR count). The van der Waals surface area contributed by atoms with Crippen LogP contribution in [0.1, 0.15) is 10.4 Å². The highest BCUT2D eigenvalue weighted by molar-refractivity contribution is 5.98. The van der Waals surface area contributed by atoms with Gasteiger partial charge in [-0.2, -0.15) is 4.57 Å². The highest BCUT2D eigenvalue weighted by Crippen LogP contribution is 2.14. The number of fused-ring (bicyclic) bond motifs is 1. The summed E-state index contributed by atoms with van der Waals surface area (Å²) in [7, 11) is 3.44. The van der Waals surface area contributed by atoms with Gasteiger partial charge in [0.15, 0.2) is 12.4 Å². The molecule has 0 fully saturated rings. The third-order valence-electron chi connectivity index (χ3n) is 3.70. The number of hydrogen-bond acceptors (Lipinski definition) is 2. The Morgan fingerprint density at radius 1 is 1.05 bits per heavy atom. The average Bonchev–Trinajstić information content (AvgIpc) is 2.73. The molecule has 114 valence electrons. The number of ketones is 1. The second-order valence-electron chi connectivity index (χ2n) is 5.08. The third kappa shape index (κ3) is 2.67. The van der Waals surface area contributed by atoms with E-state index in [4.69, 9.17) is 0 Å². The number of aromatic nitrogens is 3. The summed E-state index contributed by atoms with van der Waals surface area (Å²) in [5.74, 6) is 0.0180. The lowest BCUT2D eigenvalue weighted by atomic mass is 10.1. The van der Waals surface area contributed by atoms with Gasteiger partial charge in [0.1, 0.15) is 0 Å². The van der Waals surface area contributed by atoms with Crippen LogP contribution in [0.25, 0.3) is 11.0 Å². The number of nitrogens with zero attached hydrogens (tertiary/aromatic N) is 3. The summed E-state index contributed by atoms with van der Waals surface area (Å²) < 4.78 is 4.97. The zero-order valence-electron chi connectivity index (χ0n) is 12.4. The van der Waals surface area contributed by atoms with E-state index in [1.54, 1.807) is 35.4 Å². The second kappa shape index (κ2) is 6.15. The Bertz CT molecular complexity index is 882. The van der Waals surface area contributed by atoms with Crippen molar-refractivity contribution in [2.45, 2.75) is 6.54 Å². The number of Topliss-reactive ketones (excluding diaryl/α,β-unsaturated/α-hetero) is 1. The molecular weight excluding hydrogens is 302 g/mol. The minimum Gasteiger partial charge on any atom is -1.00 e. The lowest BCUT2D eigenvalue weighted by Gasteiger charge is -2.00. The van der Waals surface area contributed by atoms with E-state index in [2.05, 4.69) is 0 Å². The average molecular weight is 318 g/mol. The van der Waals surface area contributed by atoms with Gasteiger partial charge in [-0.05, 0) is 18.2 Å². The Labute approximate surface area is 133 Å². The molecule has 22 heavy (non-hydrogen) atoms. The summed E-state index contributed by atoms with van der Waals surface area (Å²) >= 11 is 0. The van der Waals surface area contributed by atoms with Crippen molar-refractivity contribution >= 4 is 16.8 Å². The molecule has 0 amide bonds. The quantitative estimate of drug-likeness (QED) is 0.416. The summed E-state index contributed by atoms with van der Waals surface area (Å²) in [6, 6.07) is 11.1. The molecule has 0 aliphatic heterocycles. The Balaban J connectivity index is 0.00000176. The number of benzene rings is 1. The maximum atomic E-state index is 12.3. The molecule has 0 unspecified atom stereocenters. The van der Waals surface area contributed by atoms with Gasteiger partial charge in [-0.1, -0.05) is 6.07 Å². The number of carbonyl (C=O) groups excluding carboxylic acids is 1. The van der Waals surface area contributed by atoms with Crippen molar-refractivity contribution in [2.24, 2.45) is 14.1 Å². The molecule has 1 aromatic carbocycles. The maximum Gasteiger partial charge on any atom is 0.328 e. The van der Waals surface area contributed by atoms with E-state index in [-0.39, 0.29) is 30.4 Å². The Morgan fingerprint density at radius 3 is 2.36 bits per heavy atom. The molecule has 6 heteroatoms. The van der Waals surface area contributed by atoms with E-state index < -0.39 is 0 Å². The third-order valence-corrected chi connectivity index (χ3v) is 3.70. The fourth-order valence-electron chi connectivity index (χ4n) is 2.48. The first-order valence-corrected chi connectivity index (χ1v) is 6.70. The number of hydrogen-bond donors (Lipinski definition) is 0. The second-order valence-corrected chi connectivity index (χ2v) is 5.08. The molecule has 0 aliphatic carbocycles. The van der Waals surface area contributed by atoms with Gasteiger partial charge in [-0.25, -0.2) is 4.79 Å². The predicted molar refractivity (Wildman–Crippen MR) is 79.1 cm³/mol. The fraction of sp³-hybridized carbons (Fsp3) is 0.188. The smallest absolute Gasteiger partial charge is 0.328 e. The van der Waals surface area contributed by atoms with Crippen LogP contribution < -0.4 is 22.7 Å². The molecule has 0 N–H and O–H groups in total. The molecule has 5 nitrogen and oxygen atoms in total. The van der Waals surface area contributed by atoms with Crippen molar-refractivity contribution in [3.05, 3.63) is 64.8 Å². The van der Waals surface area contributed by atoms with Crippen molar-refractivity contribution in [1.82, 2.24) is 9.13 Å². The summed E-state index contributed by atoms with van der Waals surface area (Å²) in [5, 5.41) is 0. The standard InChI is InChI=1S/C16H16N3O2.ClH/c1-17-13-7-6-12(10-14(13)18(2)16(17)21)15(20)11-19-8-4-3-5-9-19;/h3-10H,11H2,1-2H3;1H/q+1;/p-1. The molecule has 0 bridgehead atoms. The minimum absolute atomic E-state index is 0. The number of pyridine rings is 1. The van der Waals surface area contributed by atoms with E-state index in [0.29, 0.717) is 5.56 Å².